The van der Waals surface area contributed by atoms with Gasteiger partial charge < -0.3 is 5.73 Å². The topological polar surface area (TPSA) is 56.0 Å². The van der Waals surface area contributed by atoms with Gasteiger partial charge in [0.2, 0.25) is 5.78 Å². The number of benzene rings is 1. The predicted molar refractivity (Wildman–Crippen MR) is 88.3 cm³/mol. The quantitative estimate of drug-likeness (QED) is 0.391. The van der Waals surface area contributed by atoms with Crippen molar-refractivity contribution in [3.63, 3.8) is 0 Å². The van der Waals surface area contributed by atoms with E-state index in [1.54, 1.807) is 0 Å². The molecule has 3 aromatic rings. The molecule has 0 aliphatic heterocycles. The first-order chi connectivity index (χ1) is 11.6. The minimum absolute atomic E-state index is 0.00293. The van der Waals surface area contributed by atoms with Gasteiger partial charge in [0.25, 0.3) is 0 Å². The Morgan fingerprint density at radius 3 is 2.56 bits per heavy atom. The molecule has 0 aliphatic carbocycles. The van der Waals surface area contributed by atoms with Crippen LogP contribution >= 0.6 is 22.9 Å². The minimum atomic E-state index is -3.68. The molecule has 2 heterocycles. The molecule has 130 valence electrons. The van der Waals surface area contributed by atoms with Crippen molar-refractivity contribution >= 4 is 44.6 Å². The summed E-state index contributed by atoms with van der Waals surface area (Å²) in [7, 11) is 0. The van der Waals surface area contributed by atoms with E-state index in [2.05, 4.69) is 4.98 Å². The maximum Gasteiger partial charge on any atom is 0.364 e. The second-order valence-electron chi connectivity index (χ2n) is 5.30. The van der Waals surface area contributed by atoms with E-state index < -0.39 is 28.5 Å². The summed E-state index contributed by atoms with van der Waals surface area (Å²) >= 11 is 5.74. The van der Waals surface area contributed by atoms with Gasteiger partial charge in [0.1, 0.15) is 27.0 Å². The number of aryl methyl sites for hydroxylation is 1. The van der Waals surface area contributed by atoms with Gasteiger partial charge in [0.15, 0.2) is 0 Å². The zero-order valence-electron chi connectivity index (χ0n) is 12.5. The average Bonchev–Trinajstić information content (AvgIpc) is 2.83. The van der Waals surface area contributed by atoms with Crippen LogP contribution in [0.25, 0.3) is 10.2 Å². The number of ketones is 1. The Morgan fingerprint density at radius 2 is 1.96 bits per heavy atom. The van der Waals surface area contributed by atoms with Crippen molar-refractivity contribution in [1.82, 2.24) is 4.98 Å². The molecule has 0 fully saturated rings. The molecule has 0 saturated carbocycles. The van der Waals surface area contributed by atoms with Crippen LogP contribution < -0.4 is 5.73 Å². The number of thiophene rings is 1. The average molecular weight is 389 g/mol. The summed E-state index contributed by atoms with van der Waals surface area (Å²) in [6, 6.07) is 3.59. The largest absolute Gasteiger partial charge is 0.397 e. The first-order valence-electron chi connectivity index (χ1n) is 6.86. The lowest BCUT2D eigenvalue weighted by Crippen LogP contribution is -2.07. The number of hydrogen-bond acceptors (Lipinski definition) is 4. The molecule has 0 amide bonds. The van der Waals surface area contributed by atoms with E-state index in [1.807, 2.05) is 0 Å². The number of rotatable bonds is 3. The number of nitrogens with two attached hydrogens (primary N) is 1. The molecule has 9 heteroatoms. The summed E-state index contributed by atoms with van der Waals surface area (Å²) in [6.45, 7) is 1.52. The SMILES string of the molecule is Cc1cc(C(F)(F)Cl)nc2sc(C(=O)c3ccc(F)cc3F)c(N)c12. The molecule has 3 nitrogen and oxygen atoms in total. The molecule has 1 aromatic carbocycles. The van der Waals surface area contributed by atoms with Crippen LogP contribution in [0.2, 0.25) is 0 Å². The maximum atomic E-state index is 13.8. The third-order valence-corrected chi connectivity index (χ3v) is 4.86. The first-order valence-corrected chi connectivity index (χ1v) is 8.05. The highest BCUT2D eigenvalue weighted by Crippen LogP contribution is 2.40. The molecule has 2 aromatic heterocycles. The number of pyridine rings is 1. The number of carbonyl (C=O) groups is 1. The number of nitrogens with zero attached hydrogens (tertiary/aromatic N) is 1. The molecule has 0 radical (unpaired) electrons. The number of fused-ring (bicyclic) bond motifs is 1. The smallest absolute Gasteiger partial charge is 0.364 e. The van der Waals surface area contributed by atoms with Crippen LogP contribution in [0, 0.1) is 18.6 Å². The zero-order chi connectivity index (χ0) is 18.5. The predicted octanol–water partition coefficient (Wildman–Crippen LogP) is 4.98. The second-order valence-corrected chi connectivity index (χ2v) is 6.77. The van der Waals surface area contributed by atoms with Crippen molar-refractivity contribution in [2.24, 2.45) is 0 Å². The van der Waals surface area contributed by atoms with Gasteiger partial charge in [-0.3, -0.25) is 4.79 Å². The summed E-state index contributed by atoms with van der Waals surface area (Å²) in [4.78, 5) is 16.3. The van der Waals surface area contributed by atoms with Crippen LogP contribution in [-0.4, -0.2) is 10.8 Å². The van der Waals surface area contributed by atoms with Crippen molar-refractivity contribution in [2.75, 3.05) is 5.73 Å². The minimum Gasteiger partial charge on any atom is -0.397 e. The number of halogens is 5. The molecule has 0 bridgehead atoms. The molecule has 0 unspecified atom stereocenters. The molecule has 3 rings (SSSR count). The van der Waals surface area contributed by atoms with E-state index >= 15 is 0 Å². The van der Waals surface area contributed by atoms with E-state index in [1.165, 1.54) is 6.92 Å². The van der Waals surface area contributed by atoms with E-state index in [4.69, 9.17) is 17.3 Å². The van der Waals surface area contributed by atoms with Crippen molar-refractivity contribution < 1.29 is 22.4 Å². The molecule has 2 N–H and O–H groups in total. The summed E-state index contributed by atoms with van der Waals surface area (Å²) in [5, 5.41) is -3.36. The highest BCUT2D eigenvalue weighted by molar-refractivity contribution is 7.21. The fourth-order valence-corrected chi connectivity index (χ4v) is 3.64. The molecule has 0 aliphatic rings. The van der Waals surface area contributed by atoms with E-state index in [-0.39, 0.29) is 21.0 Å². The van der Waals surface area contributed by atoms with Gasteiger partial charge in [-0.1, -0.05) is 0 Å². The Hall–Kier alpha value is -2.19. The number of aromatic nitrogens is 1. The summed E-state index contributed by atoms with van der Waals surface area (Å²) in [6.07, 6.45) is 0. The van der Waals surface area contributed by atoms with Gasteiger partial charge in [-0.05, 0) is 42.3 Å². The standard InChI is InChI=1S/C16H9ClF4N2OS/c1-6-4-10(16(17,20)21)23-15-11(6)12(22)14(25-15)13(24)8-3-2-7(18)5-9(8)19/h2-5H,22H2,1H3. The Kier molecular flexibility index (Phi) is 4.20. The van der Waals surface area contributed by atoms with E-state index in [0.29, 0.717) is 17.0 Å². The lowest BCUT2D eigenvalue weighted by atomic mass is 10.1. The second kappa shape index (κ2) is 5.96. The van der Waals surface area contributed by atoms with Gasteiger partial charge in [0.05, 0.1) is 11.3 Å². The third kappa shape index (κ3) is 3.07. The van der Waals surface area contributed by atoms with Gasteiger partial charge >= 0.3 is 5.38 Å². The first kappa shape index (κ1) is 17.6. The van der Waals surface area contributed by atoms with Gasteiger partial charge in [0, 0.05) is 11.5 Å². The lowest BCUT2D eigenvalue weighted by molar-refractivity contribution is 0.0903. The third-order valence-electron chi connectivity index (χ3n) is 3.57. The monoisotopic (exact) mass is 388 g/mol. The molecular formula is C16H9ClF4N2OS. The summed E-state index contributed by atoms with van der Waals surface area (Å²) < 4.78 is 53.5. The molecule has 0 spiro atoms. The van der Waals surface area contributed by atoms with Crippen LogP contribution in [0.4, 0.5) is 23.2 Å². The van der Waals surface area contributed by atoms with E-state index in [0.717, 1.165) is 29.5 Å². The fraction of sp³-hybridized carbons (Fsp3) is 0.125. The van der Waals surface area contributed by atoms with Crippen molar-refractivity contribution in [1.29, 1.82) is 0 Å². The number of anilines is 1. The maximum absolute atomic E-state index is 13.8. The van der Waals surface area contributed by atoms with Crippen LogP contribution in [0.1, 0.15) is 26.5 Å². The number of carbonyl (C=O) groups excluding carboxylic acids is 1. The number of nitrogen functional groups attached to an aromatic ring is 1. The zero-order valence-corrected chi connectivity index (χ0v) is 14.1. The van der Waals surface area contributed by atoms with Crippen molar-refractivity contribution in [3.05, 3.63) is 57.6 Å². The van der Waals surface area contributed by atoms with Crippen LogP contribution in [-0.2, 0) is 5.38 Å². The summed E-state index contributed by atoms with van der Waals surface area (Å²) in [5.74, 6) is -2.65. The molecule has 0 atom stereocenters. The Bertz CT molecular complexity index is 1010. The van der Waals surface area contributed by atoms with E-state index in [9.17, 15) is 22.4 Å². The lowest BCUT2D eigenvalue weighted by Gasteiger charge is -2.08. The molecule has 25 heavy (non-hydrogen) atoms. The van der Waals surface area contributed by atoms with Gasteiger partial charge in [-0.25, -0.2) is 13.8 Å². The summed E-state index contributed by atoms with van der Waals surface area (Å²) in [5.41, 5.74) is 5.26. The Labute approximate surface area is 148 Å². The Balaban J connectivity index is 2.19. The molecular weight excluding hydrogens is 380 g/mol. The van der Waals surface area contributed by atoms with Crippen molar-refractivity contribution in [2.45, 2.75) is 12.3 Å². The Morgan fingerprint density at radius 1 is 1.28 bits per heavy atom. The molecule has 0 saturated heterocycles. The van der Waals surface area contributed by atoms with Gasteiger partial charge in [-0.15, -0.1) is 11.3 Å². The number of alkyl halides is 3. The normalized spacial score (nSPS) is 11.9. The highest BCUT2D eigenvalue weighted by atomic mass is 35.5. The number of hydrogen-bond donors (Lipinski definition) is 1. The van der Waals surface area contributed by atoms with Crippen molar-refractivity contribution in [3.8, 4) is 0 Å². The van der Waals surface area contributed by atoms with Gasteiger partial charge in [-0.2, -0.15) is 8.78 Å². The highest BCUT2D eigenvalue weighted by Gasteiger charge is 2.32. The van der Waals surface area contributed by atoms with Crippen LogP contribution in [0.5, 0.6) is 0 Å². The fourth-order valence-electron chi connectivity index (χ4n) is 2.42. The van der Waals surface area contributed by atoms with Crippen LogP contribution in [0.15, 0.2) is 24.3 Å². The van der Waals surface area contributed by atoms with Crippen LogP contribution in [0.3, 0.4) is 0 Å².